The zero-order valence-electron chi connectivity index (χ0n) is 54.8. The lowest BCUT2D eigenvalue weighted by molar-refractivity contribution is 0.415. The Bertz CT molecular complexity index is 3810. The minimum atomic E-state index is 0.764. The maximum atomic E-state index is 4.72. The number of fused-ring (bicyclic) bond motifs is 5. The molecule has 0 spiro atoms. The fourth-order valence-corrected chi connectivity index (χ4v) is 10.2. The van der Waals surface area contributed by atoms with E-state index in [1.165, 1.54) is 75.6 Å². The Kier molecular flexibility index (Phi) is 32.1. The lowest BCUT2D eigenvalue weighted by Crippen LogP contribution is -2.22. The highest BCUT2D eigenvalue weighted by Gasteiger charge is 2.12. The van der Waals surface area contributed by atoms with E-state index in [-0.39, 0.29) is 0 Å². The van der Waals surface area contributed by atoms with Gasteiger partial charge < -0.3 is 23.2 Å². The maximum absolute atomic E-state index is 4.72. The number of benzene rings is 1. The Labute approximate surface area is 559 Å². The van der Waals surface area contributed by atoms with Crippen LogP contribution in [0.25, 0.3) is 17.2 Å². The highest BCUT2D eigenvalue weighted by molar-refractivity contribution is 7.11. The van der Waals surface area contributed by atoms with Crippen molar-refractivity contribution in [2.24, 2.45) is 10.2 Å². The van der Waals surface area contributed by atoms with Crippen LogP contribution in [-0.2, 0) is 25.9 Å². The van der Waals surface area contributed by atoms with Gasteiger partial charge in [-0.2, -0.15) is 10.2 Å². The summed E-state index contributed by atoms with van der Waals surface area (Å²) in [4.78, 5) is 44.8. The van der Waals surface area contributed by atoms with Crippen LogP contribution in [0, 0.1) is 76.2 Å². The van der Waals surface area contributed by atoms with E-state index in [2.05, 4.69) is 128 Å². The third-order valence-corrected chi connectivity index (χ3v) is 15.4. The highest BCUT2D eigenvalue weighted by Crippen LogP contribution is 2.20. The van der Waals surface area contributed by atoms with Crippen LogP contribution in [0.15, 0.2) is 201 Å². The summed E-state index contributed by atoms with van der Waals surface area (Å²) in [6, 6.07) is 21.8. The molecule has 0 atom stereocenters. The molecule has 0 saturated heterocycles. The Morgan fingerprint density at radius 3 is 1.88 bits per heavy atom. The number of pyridine rings is 1. The zero-order valence-corrected chi connectivity index (χ0v) is 58.1. The maximum Gasteiger partial charge on any atom is 0.233 e. The summed E-state index contributed by atoms with van der Waals surface area (Å²) in [5.74, 6) is 3.67. The van der Waals surface area contributed by atoms with Gasteiger partial charge in [0.05, 0.1) is 75.3 Å². The average Bonchev–Trinajstić information content (AvgIpc) is 1.94. The molecule has 0 saturated carbocycles. The van der Waals surface area contributed by atoms with E-state index < -0.39 is 0 Å². The van der Waals surface area contributed by atoms with Crippen LogP contribution in [-0.4, -0.2) is 95.4 Å². The summed E-state index contributed by atoms with van der Waals surface area (Å²) in [6.07, 6.45) is 32.4. The van der Waals surface area contributed by atoms with E-state index in [9.17, 15) is 0 Å². The van der Waals surface area contributed by atoms with E-state index in [0.29, 0.717) is 0 Å². The van der Waals surface area contributed by atoms with Crippen LogP contribution < -0.4 is 5.32 Å². The van der Waals surface area contributed by atoms with Crippen molar-refractivity contribution in [2.45, 2.75) is 122 Å². The van der Waals surface area contributed by atoms with Gasteiger partial charge in [-0.15, -0.1) is 39.1 Å². The van der Waals surface area contributed by atoms with Crippen LogP contribution in [0.4, 0.5) is 0 Å². The summed E-state index contributed by atoms with van der Waals surface area (Å²) >= 11 is 6.53. The number of aromatic nitrogens is 17. The van der Waals surface area contributed by atoms with Gasteiger partial charge in [-0.3, -0.25) is 18.8 Å². The number of aryl methyl sites for hydroxylation is 13. The van der Waals surface area contributed by atoms with E-state index in [1.807, 2.05) is 201 Å². The SMILES string of the molecule is CC1=CCN=N1.Cc1ccccc1.Cc1ccon1.Cc1cn2c(n1)CCCC2.Cc1cn2ccccc2n1.Cc1cn2cccnc2n1.Cc1cnc2ncccn12.Cc1cnco1.Cc1cncs1.Cc1cnns1.Cc1cscn1.Cc1nc2c(s1)CNCC2. The molecule has 17 rings (SSSR count). The molecular weight excluding hydrogens is 1250 g/mol. The molecule has 1 N–H and O–H groups in total. The largest absolute Gasteiger partial charge is 0.449 e. The molecule has 26 heteroatoms. The topological polar surface area (TPSA) is 249 Å². The molecule has 14 aromatic rings. The highest BCUT2D eigenvalue weighted by atomic mass is 32.1. The fourth-order valence-electron chi connectivity index (χ4n) is 7.99. The molecule has 0 fully saturated rings. The first-order valence-electron chi connectivity index (χ1n) is 29.9. The number of nitrogens with zero attached hydrogens (tertiary/aromatic N) is 19. The van der Waals surface area contributed by atoms with Gasteiger partial charge in [0.25, 0.3) is 0 Å². The van der Waals surface area contributed by atoms with Gasteiger partial charge in [-0.25, -0.2) is 39.9 Å². The molecule has 0 amide bonds. The number of azo groups is 1. The van der Waals surface area contributed by atoms with Gasteiger partial charge in [0.15, 0.2) is 6.39 Å². The zero-order chi connectivity index (χ0) is 66.4. The van der Waals surface area contributed by atoms with Crippen LogP contribution in [0.3, 0.4) is 0 Å². The standard InChI is InChI=1S/C8H12N2.C8H8N2.2C7H7N3.C7H10N2S.C7H8.C4H6N2.2C4H5NO.2C4H5NS.C3H4N2S/c2*1-7-6-10-5-3-2-4-8(10)9-7;1-6-5-10-4-2-3-8-7(10)9-6;1-6-5-9-7-8-3-2-4-10(6)7;1-5-9-6-2-3-8-4-7(6)10-5;1-7-5-3-2-4-6-7;1-4-2-3-5-6-4;1-4-2-5-3-6-4;1-4-2-3-6-5-4;1-4-2-6-3-5-4;1-4-2-5-3-6-4;1-3-2-4-5-6-3/h6H,2-5H2,1H3;2-6H,1H3;2*2-5H,1H3;8H,2-4H2,1H3;2-6H,1H3;2H,3H2,1H3;4*2-3H,1H3;2H,1H3. The van der Waals surface area contributed by atoms with Crippen LogP contribution in [0.5, 0.6) is 0 Å². The van der Waals surface area contributed by atoms with E-state index in [1.54, 1.807) is 59.8 Å². The molecule has 0 radical (unpaired) electrons. The molecule has 93 heavy (non-hydrogen) atoms. The normalized spacial score (nSPS) is 11.7. The van der Waals surface area contributed by atoms with E-state index in [4.69, 9.17) is 4.42 Å². The van der Waals surface area contributed by atoms with Gasteiger partial charge in [-0.05, 0) is 138 Å². The second-order valence-corrected chi connectivity index (χ2v) is 24.8. The first-order valence-corrected chi connectivity index (χ1v) is 33.3. The molecule has 0 unspecified atom stereocenters. The fraction of sp³-hybridized carbons (Fsp3) is 0.299. The molecule has 16 heterocycles. The van der Waals surface area contributed by atoms with Crippen molar-refractivity contribution in [3.8, 4) is 0 Å². The lowest BCUT2D eigenvalue weighted by Gasteiger charge is -2.11. The van der Waals surface area contributed by atoms with Crippen molar-refractivity contribution >= 4 is 62.7 Å². The number of imidazole rings is 4. The smallest absolute Gasteiger partial charge is 0.233 e. The van der Waals surface area contributed by atoms with E-state index in [0.717, 1.165) is 93.8 Å². The van der Waals surface area contributed by atoms with Crippen molar-refractivity contribution in [1.82, 2.24) is 87.7 Å². The Morgan fingerprint density at radius 1 is 0.613 bits per heavy atom. The third kappa shape index (κ3) is 28.7. The molecule has 22 nitrogen and oxygen atoms in total. The molecule has 0 bridgehead atoms. The van der Waals surface area contributed by atoms with Crippen molar-refractivity contribution < 1.29 is 8.94 Å². The Hall–Kier alpha value is -9.47. The first-order chi connectivity index (χ1) is 45.1. The lowest BCUT2D eigenvalue weighted by atomic mass is 10.2. The summed E-state index contributed by atoms with van der Waals surface area (Å²) in [6.45, 7) is 27.9. The minimum Gasteiger partial charge on any atom is -0.449 e. The van der Waals surface area contributed by atoms with Crippen molar-refractivity contribution in [2.75, 3.05) is 13.1 Å². The van der Waals surface area contributed by atoms with Crippen LogP contribution >= 0.6 is 45.5 Å². The number of hydrogen-bond donors (Lipinski definition) is 1. The Morgan fingerprint density at radius 2 is 1.38 bits per heavy atom. The summed E-state index contributed by atoms with van der Waals surface area (Å²) in [5.41, 5.74) is 14.7. The van der Waals surface area contributed by atoms with Gasteiger partial charge in [0.1, 0.15) is 23.5 Å². The number of thiazole rings is 3. The van der Waals surface area contributed by atoms with E-state index >= 15 is 0 Å². The minimum absolute atomic E-state index is 0.764. The van der Waals surface area contributed by atoms with Crippen molar-refractivity contribution in [3.63, 3.8) is 0 Å². The van der Waals surface area contributed by atoms with Gasteiger partial charge in [-0.1, -0.05) is 51.6 Å². The van der Waals surface area contributed by atoms with Gasteiger partial charge in [0.2, 0.25) is 11.6 Å². The molecular formula is C67H82N20O2S4. The number of rotatable bonds is 0. The molecule has 0 aliphatic carbocycles. The third-order valence-electron chi connectivity index (χ3n) is 12.4. The average molecular weight is 1330 g/mol. The molecule has 13 aromatic heterocycles. The van der Waals surface area contributed by atoms with Crippen LogP contribution in [0.2, 0.25) is 0 Å². The number of hydrogen-bond acceptors (Lipinski definition) is 22. The van der Waals surface area contributed by atoms with Gasteiger partial charge >= 0.3 is 0 Å². The quantitative estimate of drug-likeness (QED) is 0.148. The summed E-state index contributed by atoms with van der Waals surface area (Å²) < 4.78 is 20.9. The number of nitrogens with one attached hydrogen (secondary N) is 1. The van der Waals surface area contributed by atoms with Crippen LogP contribution in [0.1, 0.15) is 96.4 Å². The molecule has 1 aromatic carbocycles. The monoisotopic (exact) mass is 1330 g/mol. The predicted octanol–water partition coefficient (Wildman–Crippen LogP) is 15.4. The second-order valence-electron chi connectivity index (χ2n) is 20.7. The molecule has 3 aliphatic rings. The van der Waals surface area contributed by atoms with Crippen molar-refractivity contribution in [1.29, 1.82) is 0 Å². The Balaban J connectivity index is 0.000000162. The van der Waals surface area contributed by atoms with Gasteiger partial charge in [0, 0.05) is 126 Å². The second kappa shape index (κ2) is 41.1. The number of oxazole rings is 1. The molecule has 486 valence electrons. The summed E-state index contributed by atoms with van der Waals surface area (Å²) in [7, 11) is 0. The molecule has 3 aliphatic heterocycles. The van der Waals surface area contributed by atoms with Crippen molar-refractivity contribution in [3.05, 3.63) is 259 Å². The first kappa shape index (κ1) is 72.6. The number of allylic oxidation sites excluding steroid dienone is 1. The summed E-state index contributed by atoms with van der Waals surface area (Å²) in [5, 5.41) is 21.1. The predicted molar refractivity (Wildman–Crippen MR) is 373 cm³/mol.